The van der Waals surface area contributed by atoms with Crippen molar-refractivity contribution < 1.29 is 19.0 Å². The van der Waals surface area contributed by atoms with Crippen LogP contribution in [-0.2, 0) is 15.9 Å². The molecule has 6 nitrogen and oxygen atoms in total. The number of hydrogen-bond donors (Lipinski definition) is 2. The molecule has 2 heterocycles. The highest BCUT2D eigenvalue weighted by molar-refractivity contribution is 5.89. The van der Waals surface area contributed by atoms with Crippen molar-refractivity contribution in [1.29, 1.82) is 0 Å². The fourth-order valence-corrected chi connectivity index (χ4v) is 4.25. The maximum atomic E-state index is 12.5. The van der Waals surface area contributed by atoms with E-state index in [1.54, 1.807) is 0 Å². The Bertz CT molecular complexity index is 827. The van der Waals surface area contributed by atoms with Crippen LogP contribution in [0.5, 0.6) is 5.75 Å². The minimum absolute atomic E-state index is 0.0496. The monoisotopic (exact) mass is 424 g/mol. The van der Waals surface area contributed by atoms with Crippen LogP contribution in [0.2, 0.25) is 0 Å². The van der Waals surface area contributed by atoms with Crippen molar-refractivity contribution in [2.75, 3.05) is 25.1 Å². The van der Waals surface area contributed by atoms with Gasteiger partial charge in [-0.2, -0.15) is 0 Å². The van der Waals surface area contributed by atoms with Crippen molar-refractivity contribution in [2.24, 2.45) is 5.92 Å². The third kappa shape index (κ3) is 5.77. The van der Waals surface area contributed by atoms with Crippen LogP contribution in [0.15, 0.2) is 54.6 Å². The number of rotatable bonds is 9. The molecule has 0 saturated carbocycles. The molecule has 166 valence electrons. The van der Waals surface area contributed by atoms with Crippen LogP contribution in [0, 0.1) is 5.92 Å². The van der Waals surface area contributed by atoms with Gasteiger partial charge in [-0.3, -0.25) is 0 Å². The predicted octanol–water partition coefficient (Wildman–Crippen LogP) is 4.40. The zero-order chi connectivity index (χ0) is 21.5. The molecule has 31 heavy (non-hydrogen) atoms. The number of carbonyl (C=O) groups excluding carboxylic acids is 1. The molecule has 2 amide bonds. The number of ether oxygens (including phenoxy) is 3. The molecular weight excluding hydrogens is 392 g/mol. The summed E-state index contributed by atoms with van der Waals surface area (Å²) in [6.45, 7) is 4.00. The minimum atomic E-state index is -0.245. The molecule has 2 aromatic carbocycles. The van der Waals surface area contributed by atoms with Crippen molar-refractivity contribution in [3.05, 3.63) is 60.2 Å². The van der Waals surface area contributed by atoms with Crippen LogP contribution in [-0.4, -0.2) is 44.1 Å². The first-order valence-corrected chi connectivity index (χ1v) is 11.3. The van der Waals surface area contributed by atoms with Crippen molar-refractivity contribution in [3.8, 4) is 5.75 Å². The lowest BCUT2D eigenvalue weighted by molar-refractivity contribution is 0.0615. The Morgan fingerprint density at radius 2 is 1.81 bits per heavy atom. The molecule has 2 aliphatic heterocycles. The summed E-state index contributed by atoms with van der Waals surface area (Å²) in [7, 11) is 0. The molecule has 2 N–H and O–H groups in total. The average Bonchev–Trinajstić information content (AvgIpc) is 3.37. The van der Waals surface area contributed by atoms with E-state index in [9.17, 15) is 4.79 Å². The van der Waals surface area contributed by atoms with Gasteiger partial charge in [-0.15, -0.1) is 0 Å². The van der Waals surface area contributed by atoms with Crippen LogP contribution in [0.25, 0.3) is 0 Å². The van der Waals surface area contributed by atoms with E-state index in [0.29, 0.717) is 25.7 Å². The van der Waals surface area contributed by atoms with Crippen LogP contribution in [0.1, 0.15) is 31.7 Å². The highest BCUT2D eigenvalue weighted by Crippen LogP contribution is 2.33. The summed E-state index contributed by atoms with van der Waals surface area (Å²) >= 11 is 0. The number of unbranched alkanes of at least 4 members (excludes halogenated alkanes) is 1. The Morgan fingerprint density at radius 1 is 1.03 bits per heavy atom. The Labute approximate surface area is 184 Å². The Hall–Kier alpha value is -2.57. The quantitative estimate of drug-likeness (QED) is 0.586. The molecule has 0 radical (unpaired) electrons. The second kappa shape index (κ2) is 10.6. The predicted molar refractivity (Wildman–Crippen MR) is 121 cm³/mol. The van der Waals surface area contributed by atoms with E-state index in [2.05, 4.69) is 41.8 Å². The van der Waals surface area contributed by atoms with Crippen molar-refractivity contribution in [1.82, 2.24) is 5.32 Å². The van der Waals surface area contributed by atoms with Gasteiger partial charge in [0.2, 0.25) is 0 Å². The summed E-state index contributed by atoms with van der Waals surface area (Å²) in [5, 5.41) is 5.90. The van der Waals surface area contributed by atoms with Crippen molar-refractivity contribution >= 4 is 11.7 Å². The number of urea groups is 1. The molecule has 4 atom stereocenters. The summed E-state index contributed by atoms with van der Waals surface area (Å²) in [4.78, 5) is 12.5. The van der Waals surface area contributed by atoms with Gasteiger partial charge >= 0.3 is 6.03 Å². The number of nitrogens with one attached hydrogen (secondary N) is 2. The van der Waals surface area contributed by atoms with E-state index in [1.807, 2.05) is 30.3 Å². The van der Waals surface area contributed by atoms with Gasteiger partial charge in [0.05, 0.1) is 32.0 Å². The van der Waals surface area contributed by atoms with Gasteiger partial charge in [0.15, 0.2) is 0 Å². The van der Waals surface area contributed by atoms with Crippen LogP contribution < -0.4 is 15.4 Å². The normalized spacial score (nSPS) is 24.5. The lowest BCUT2D eigenvalue weighted by Crippen LogP contribution is -2.45. The highest BCUT2D eigenvalue weighted by Gasteiger charge is 2.47. The molecular formula is C25H32N2O4. The summed E-state index contributed by atoms with van der Waals surface area (Å²) < 4.78 is 17.7. The van der Waals surface area contributed by atoms with Crippen LogP contribution in [0.3, 0.4) is 0 Å². The minimum Gasteiger partial charge on any atom is -0.494 e. The van der Waals surface area contributed by atoms with Gasteiger partial charge in [-0.25, -0.2) is 4.79 Å². The number of carbonyl (C=O) groups is 1. The number of amides is 2. The maximum absolute atomic E-state index is 12.5. The van der Waals surface area contributed by atoms with E-state index in [1.165, 1.54) is 5.56 Å². The van der Waals surface area contributed by atoms with E-state index >= 15 is 0 Å². The first kappa shape index (κ1) is 21.7. The van der Waals surface area contributed by atoms with Gasteiger partial charge in [0.25, 0.3) is 0 Å². The zero-order valence-corrected chi connectivity index (χ0v) is 18.1. The van der Waals surface area contributed by atoms with E-state index in [4.69, 9.17) is 14.2 Å². The lowest BCUT2D eigenvalue weighted by Gasteiger charge is -2.18. The van der Waals surface area contributed by atoms with Crippen molar-refractivity contribution in [3.63, 3.8) is 0 Å². The third-order valence-corrected chi connectivity index (χ3v) is 6.00. The van der Waals surface area contributed by atoms with Crippen LogP contribution in [0.4, 0.5) is 10.5 Å². The molecule has 0 aliphatic carbocycles. The number of aryl methyl sites for hydroxylation is 1. The first-order valence-electron chi connectivity index (χ1n) is 11.3. The number of fused-ring (bicyclic) bond motifs is 1. The van der Waals surface area contributed by atoms with Crippen LogP contribution >= 0.6 is 0 Å². The maximum Gasteiger partial charge on any atom is 0.319 e. The molecule has 2 fully saturated rings. The summed E-state index contributed by atoms with van der Waals surface area (Å²) in [5.41, 5.74) is 2.06. The topological polar surface area (TPSA) is 68.8 Å². The zero-order valence-electron chi connectivity index (χ0n) is 18.1. The molecule has 6 heteroatoms. The summed E-state index contributed by atoms with van der Waals surface area (Å²) in [6.07, 6.45) is 4.14. The molecule has 2 unspecified atom stereocenters. The fourth-order valence-electron chi connectivity index (χ4n) is 4.25. The van der Waals surface area contributed by atoms with Gasteiger partial charge in [-0.05, 0) is 49.1 Å². The second-order valence-electron chi connectivity index (χ2n) is 8.31. The Kier molecular flexibility index (Phi) is 7.43. The molecule has 2 saturated heterocycles. The van der Waals surface area contributed by atoms with Crippen molar-refractivity contribution in [2.45, 2.75) is 50.9 Å². The molecule has 2 aliphatic rings. The standard InChI is InChI=1S/C25H32N2O4/c1-2-3-15-29-21-13-11-20(12-14-21)26-25(28)27-22-17-31-23-19(16-30-24(22)23)10-9-18-7-5-4-6-8-18/h4-8,11-14,19,22-24H,2-3,9-10,15-17H2,1H3,(H2,26,27,28)/t19-,22+,23?,24?/m1/s1. The molecule has 0 bridgehead atoms. The average molecular weight is 425 g/mol. The fraction of sp³-hybridized carbons (Fsp3) is 0.480. The van der Waals surface area contributed by atoms with Gasteiger partial charge in [-0.1, -0.05) is 43.7 Å². The Morgan fingerprint density at radius 3 is 2.58 bits per heavy atom. The summed E-state index contributed by atoms with van der Waals surface area (Å²) in [6, 6.07) is 17.5. The third-order valence-electron chi connectivity index (χ3n) is 6.00. The molecule has 4 rings (SSSR count). The number of benzene rings is 2. The second-order valence-corrected chi connectivity index (χ2v) is 8.31. The highest BCUT2D eigenvalue weighted by atomic mass is 16.6. The molecule has 0 aromatic heterocycles. The van der Waals surface area contributed by atoms with E-state index in [0.717, 1.165) is 37.1 Å². The Balaban J connectivity index is 1.22. The number of hydrogen-bond acceptors (Lipinski definition) is 4. The molecule has 2 aromatic rings. The van der Waals surface area contributed by atoms with E-state index < -0.39 is 0 Å². The van der Waals surface area contributed by atoms with Gasteiger partial charge in [0, 0.05) is 11.6 Å². The van der Waals surface area contributed by atoms with Gasteiger partial charge in [0.1, 0.15) is 11.9 Å². The lowest BCUT2D eigenvalue weighted by atomic mass is 9.93. The van der Waals surface area contributed by atoms with E-state index in [-0.39, 0.29) is 24.3 Å². The smallest absolute Gasteiger partial charge is 0.319 e. The number of anilines is 1. The molecule has 0 spiro atoms. The first-order chi connectivity index (χ1) is 15.2. The summed E-state index contributed by atoms with van der Waals surface area (Å²) in [5.74, 6) is 1.17. The van der Waals surface area contributed by atoms with Gasteiger partial charge < -0.3 is 24.8 Å². The largest absolute Gasteiger partial charge is 0.494 e. The SMILES string of the molecule is CCCCOc1ccc(NC(=O)N[C@H]2COC3C2OC[C@H]3CCc2ccccc2)cc1.